The predicted octanol–water partition coefficient (Wildman–Crippen LogP) is 2.06. The minimum absolute atomic E-state index is 0.0649. The number of hydrogen-bond donors (Lipinski definition) is 1. The van der Waals surface area contributed by atoms with E-state index >= 15 is 0 Å². The van der Waals surface area contributed by atoms with Gasteiger partial charge in [-0.1, -0.05) is 13.8 Å². The molecule has 0 radical (unpaired) electrons. The summed E-state index contributed by atoms with van der Waals surface area (Å²) in [4.78, 5) is 14.8. The third-order valence-electron chi connectivity index (χ3n) is 8.63. The summed E-state index contributed by atoms with van der Waals surface area (Å²) in [6.45, 7) is 6.95. The molecule has 0 aromatic heterocycles. The topological polar surface area (TPSA) is 77.5 Å². The Morgan fingerprint density at radius 3 is 2.93 bits per heavy atom. The molecule has 5 fully saturated rings. The molecule has 6 aliphatic rings. The largest absolute Gasteiger partial charge is 0.492 e. The number of cyclic esters (lactones) is 1. The molecule has 6 heterocycles. The highest BCUT2D eigenvalue weighted by molar-refractivity contribution is 5.93. The van der Waals surface area contributed by atoms with Gasteiger partial charge in [0.15, 0.2) is 5.76 Å². The Hall–Kier alpha value is -1.57. The first-order valence-electron chi connectivity index (χ1n) is 10.9. The van der Waals surface area contributed by atoms with Crippen LogP contribution in [-0.4, -0.2) is 59.2 Å². The van der Waals surface area contributed by atoms with Crippen molar-refractivity contribution in [2.45, 2.75) is 76.0 Å². The van der Waals surface area contributed by atoms with E-state index < -0.39 is 5.79 Å². The lowest BCUT2D eigenvalue weighted by atomic mass is 9.69. The predicted molar refractivity (Wildman–Crippen MR) is 101 cm³/mol. The monoisotopic (exact) mass is 403 g/mol. The lowest BCUT2D eigenvalue weighted by Gasteiger charge is -2.48. The zero-order valence-electron chi connectivity index (χ0n) is 17.4. The Balaban J connectivity index is 1.46. The third kappa shape index (κ3) is 1.85. The number of aliphatic hydroxyl groups excluding tert-OH is 1. The van der Waals surface area contributed by atoms with Crippen molar-refractivity contribution in [1.82, 2.24) is 4.90 Å². The molecule has 29 heavy (non-hydrogen) atoms. The van der Waals surface area contributed by atoms with E-state index in [9.17, 15) is 9.90 Å². The van der Waals surface area contributed by atoms with Gasteiger partial charge in [0.25, 0.3) is 0 Å². The van der Waals surface area contributed by atoms with E-state index in [2.05, 4.69) is 11.8 Å². The maximum absolute atomic E-state index is 12.2. The molecule has 6 aliphatic heterocycles. The second-order valence-electron chi connectivity index (χ2n) is 9.58. The normalized spacial score (nSPS) is 52.2. The van der Waals surface area contributed by atoms with E-state index in [0.717, 1.165) is 32.2 Å². The molecule has 0 aromatic carbocycles. The average molecular weight is 403 g/mol. The van der Waals surface area contributed by atoms with Gasteiger partial charge in [-0.05, 0) is 39.2 Å². The van der Waals surface area contributed by atoms with E-state index in [1.54, 1.807) is 14.0 Å². The molecule has 7 nitrogen and oxygen atoms in total. The van der Waals surface area contributed by atoms with Crippen molar-refractivity contribution in [1.29, 1.82) is 0 Å². The molecule has 2 unspecified atom stereocenters. The first-order chi connectivity index (χ1) is 13.9. The van der Waals surface area contributed by atoms with Crippen molar-refractivity contribution in [2.75, 3.05) is 13.7 Å². The van der Waals surface area contributed by atoms with Gasteiger partial charge in [-0.15, -0.1) is 0 Å². The maximum atomic E-state index is 12.2. The van der Waals surface area contributed by atoms with Crippen LogP contribution in [0.2, 0.25) is 0 Å². The molecule has 5 saturated heterocycles. The fourth-order valence-electron chi connectivity index (χ4n) is 7.61. The number of esters is 1. The minimum Gasteiger partial charge on any atom is -0.492 e. The van der Waals surface area contributed by atoms with Gasteiger partial charge >= 0.3 is 5.97 Å². The lowest BCUT2D eigenvalue weighted by Crippen LogP contribution is -2.61. The van der Waals surface area contributed by atoms with Crippen molar-refractivity contribution in [3.05, 3.63) is 22.9 Å². The minimum atomic E-state index is -0.683. The van der Waals surface area contributed by atoms with E-state index in [1.165, 1.54) is 0 Å². The Labute approximate surface area is 170 Å². The first-order valence-corrected chi connectivity index (χ1v) is 10.9. The Morgan fingerprint density at radius 2 is 2.21 bits per heavy atom. The van der Waals surface area contributed by atoms with Gasteiger partial charge < -0.3 is 24.1 Å². The van der Waals surface area contributed by atoms with E-state index in [1.807, 2.05) is 6.92 Å². The second-order valence-corrected chi connectivity index (χ2v) is 9.58. The number of carbonyl (C=O) groups is 1. The van der Waals surface area contributed by atoms with Gasteiger partial charge in [0.05, 0.1) is 36.3 Å². The molecular formula is C22H29NO6. The lowest BCUT2D eigenvalue weighted by molar-refractivity contribution is -0.256. The number of fused-ring (bicyclic) bond motifs is 1. The van der Waals surface area contributed by atoms with Crippen LogP contribution in [0.4, 0.5) is 0 Å². The van der Waals surface area contributed by atoms with Gasteiger partial charge in [-0.2, -0.15) is 0 Å². The van der Waals surface area contributed by atoms with Crippen LogP contribution in [0.5, 0.6) is 0 Å². The van der Waals surface area contributed by atoms with Crippen LogP contribution >= 0.6 is 0 Å². The highest BCUT2D eigenvalue weighted by Crippen LogP contribution is 2.73. The number of piperidine rings is 1. The number of carbonyl (C=O) groups excluding carboxylic acids is 1. The molecule has 1 N–H and O–H groups in total. The van der Waals surface area contributed by atoms with Gasteiger partial charge in [-0.3, -0.25) is 4.90 Å². The van der Waals surface area contributed by atoms with Crippen molar-refractivity contribution in [2.24, 2.45) is 17.8 Å². The summed E-state index contributed by atoms with van der Waals surface area (Å²) in [5.74, 6) is 0.990. The van der Waals surface area contributed by atoms with Crippen LogP contribution < -0.4 is 0 Å². The number of nitrogens with zero attached hydrogens (tertiary/aromatic N) is 1. The standard InChI is InChI=1S/C22H29NO6/c1-5-12(24)9-21-14-6-7-23(21)13-8-15(21)28-22(14)16(13)10(2)18(29-22)19-17(26-4)11(3)20(25)27-19/h10,12-16,24H,5-9H2,1-4H3/b19-18+/t10-,12-,13+,14-,15?,16+,21-,22+/m0/s1. The first kappa shape index (κ1) is 18.2. The fraction of sp³-hybridized carbons (Fsp3) is 0.773. The zero-order valence-corrected chi connectivity index (χ0v) is 17.4. The summed E-state index contributed by atoms with van der Waals surface area (Å²) < 4.78 is 24.5. The molecule has 158 valence electrons. The number of hydrogen-bond acceptors (Lipinski definition) is 7. The highest BCUT2D eigenvalue weighted by atomic mass is 16.7. The number of rotatable bonds is 4. The molecule has 5 bridgehead atoms. The Morgan fingerprint density at radius 1 is 1.41 bits per heavy atom. The average Bonchev–Trinajstić information content (AvgIpc) is 3.40. The van der Waals surface area contributed by atoms with Crippen LogP contribution in [0.3, 0.4) is 0 Å². The molecule has 0 saturated carbocycles. The summed E-state index contributed by atoms with van der Waals surface area (Å²) in [5.41, 5.74) is 0.346. The molecule has 1 spiro atoms. The van der Waals surface area contributed by atoms with Gasteiger partial charge in [-0.25, -0.2) is 4.79 Å². The van der Waals surface area contributed by atoms with E-state index in [-0.39, 0.29) is 41.5 Å². The summed E-state index contributed by atoms with van der Waals surface area (Å²) in [6, 6.07) is 0.373. The van der Waals surface area contributed by atoms with E-state index in [0.29, 0.717) is 28.9 Å². The molecule has 7 heteroatoms. The third-order valence-corrected chi connectivity index (χ3v) is 8.63. The zero-order chi connectivity index (χ0) is 20.3. The van der Waals surface area contributed by atoms with Crippen LogP contribution in [0, 0.1) is 17.8 Å². The van der Waals surface area contributed by atoms with Crippen LogP contribution in [-0.2, 0) is 23.7 Å². The van der Waals surface area contributed by atoms with Crippen LogP contribution in [0.1, 0.15) is 46.5 Å². The number of aliphatic hydroxyl groups is 1. The van der Waals surface area contributed by atoms with Gasteiger partial charge in [0, 0.05) is 17.9 Å². The smallest absolute Gasteiger partial charge is 0.343 e. The summed E-state index contributed by atoms with van der Waals surface area (Å²) in [7, 11) is 1.56. The quantitative estimate of drug-likeness (QED) is 0.720. The van der Waals surface area contributed by atoms with Crippen LogP contribution in [0.15, 0.2) is 22.9 Å². The molecule has 0 aromatic rings. The number of ether oxygens (including phenoxy) is 4. The molecular weight excluding hydrogens is 374 g/mol. The van der Waals surface area contributed by atoms with Crippen molar-refractivity contribution < 1.29 is 28.8 Å². The van der Waals surface area contributed by atoms with Crippen molar-refractivity contribution in [3.63, 3.8) is 0 Å². The molecule has 0 aliphatic carbocycles. The summed E-state index contributed by atoms with van der Waals surface area (Å²) in [5, 5.41) is 10.6. The molecule has 9 atom stereocenters. The Kier molecular flexibility index (Phi) is 3.49. The van der Waals surface area contributed by atoms with E-state index in [4.69, 9.17) is 18.9 Å². The summed E-state index contributed by atoms with van der Waals surface area (Å²) >= 11 is 0. The van der Waals surface area contributed by atoms with Gasteiger partial charge in [0.1, 0.15) is 5.76 Å². The number of methoxy groups -OCH3 is 1. The Bertz CT molecular complexity index is 865. The molecule has 6 rings (SSSR count). The van der Waals surface area contributed by atoms with Crippen molar-refractivity contribution >= 4 is 5.97 Å². The molecule has 0 amide bonds. The highest BCUT2D eigenvalue weighted by Gasteiger charge is 2.84. The SMILES string of the molecule is CC[C@H](O)C[C@@]12C3C[C@@H]4[C@H]5[C@H](C)/C(=C6\OC(=O)C(C)=C6OC)O[C@]5(O3)[C@H]1CCN42. The maximum Gasteiger partial charge on any atom is 0.343 e. The van der Waals surface area contributed by atoms with Crippen LogP contribution in [0.25, 0.3) is 0 Å². The van der Waals surface area contributed by atoms with Gasteiger partial charge in [0.2, 0.25) is 11.5 Å². The fourth-order valence-corrected chi connectivity index (χ4v) is 7.61. The van der Waals surface area contributed by atoms with Crippen molar-refractivity contribution in [3.8, 4) is 0 Å². The summed E-state index contributed by atoms with van der Waals surface area (Å²) in [6.07, 6.45) is 3.26. The number of allylic oxidation sites excluding steroid dienone is 1. The second kappa shape index (κ2) is 5.56.